The first-order chi connectivity index (χ1) is 24.8. The number of nitrogens with zero attached hydrogens (tertiary/aromatic N) is 4. The number of aromatic nitrogens is 4. The van der Waals surface area contributed by atoms with Crippen LogP contribution < -0.4 is 0 Å². The van der Waals surface area contributed by atoms with Crippen molar-refractivity contribution in [3.8, 4) is 51.0 Å². The molecule has 0 radical (unpaired) electrons. The second kappa shape index (κ2) is 11.6. The van der Waals surface area contributed by atoms with E-state index in [1.54, 1.807) is 0 Å². The molecular weight excluding hydrogens is 629 g/mol. The zero-order valence-corrected chi connectivity index (χ0v) is 27.7. The van der Waals surface area contributed by atoms with E-state index in [0.29, 0.717) is 17.5 Å². The summed E-state index contributed by atoms with van der Waals surface area (Å²) in [5, 5.41) is 4.88. The van der Waals surface area contributed by atoms with Crippen LogP contribution in [0.5, 0.6) is 0 Å². The van der Waals surface area contributed by atoms with E-state index >= 15 is 0 Å². The van der Waals surface area contributed by atoms with Crippen molar-refractivity contribution in [1.29, 1.82) is 0 Å². The van der Waals surface area contributed by atoms with E-state index in [1.807, 2.05) is 72.0 Å². The molecule has 234 valence electrons. The Balaban J connectivity index is 1.19. The van der Waals surface area contributed by atoms with Gasteiger partial charge in [-0.15, -0.1) is 11.3 Å². The lowest BCUT2D eigenvalue weighted by molar-refractivity contribution is 1.08. The summed E-state index contributed by atoms with van der Waals surface area (Å²) >= 11 is 1.86. The molecule has 0 bridgehead atoms. The van der Waals surface area contributed by atoms with Gasteiger partial charge in [0.1, 0.15) is 0 Å². The number of hydrogen-bond acceptors (Lipinski definition) is 4. The van der Waals surface area contributed by atoms with Gasteiger partial charge < -0.3 is 4.57 Å². The molecule has 50 heavy (non-hydrogen) atoms. The van der Waals surface area contributed by atoms with E-state index in [2.05, 4.69) is 114 Å². The summed E-state index contributed by atoms with van der Waals surface area (Å²) in [5.74, 6) is 1.95. The summed E-state index contributed by atoms with van der Waals surface area (Å²) in [6.45, 7) is 0. The van der Waals surface area contributed by atoms with Crippen LogP contribution in [0.15, 0.2) is 170 Å². The molecule has 7 aromatic carbocycles. The van der Waals surface area contributed by atoms with Gasteiger partial charge in [0.25, 0.3) is 0 Å². The predicted octanol–water partition coefficient (Wildman–Crippen LogP) is 12.0. The molecule has 0 aliphatic carbocycles. The minimum atomic E-state index is 0.649. The maximum absolute atomic E-state index is 5.11. The molecule has 5 heteroatoms. The van der Waals surface area contributed by atoms with Gasteiger partial charge in [-0.3, -0.25) is 0 Å². The molecule has 0 N–H and O–H groups in total. The molecule has 3 aromatic heterocycles. The lowest BCUT2D eigenvalue weighted by Crippen LogP contribution is -2.00. The number of para-hydroxylation sites is 1. The highest BCUT2D eigenvalue weighted by Gasteiger charge is 2.20. The molecule has 0 atom stereocenters. The fourth-order valence-electron chi connectivity index (χ4n) is 7.20. The Kier molecular flexibility index (Phi) is 6.64. The van der Waals surface area contributed by atoms with Crippen LogP contribution in [-0.4, -0.2) is 19.5 Å². The smallest absolute Gasteiger partial charge is 0.164 e. The molecule has 0 aliphatic heterocycles. The summed E-state index contributed by atoms with van der Waals surface area (Å²) in [4.78, 5) is 15.2. The highest BCUT2D eigenvalue weighted by Crippen LogP contribution is 2.42. The number of fused-ring (bicyclic) bond motifs is 6. The Morgan fingerprint density at radius 3 is 1.74 bits per heavy atom. The Hall–Kier alpha value is -6.43. The van der Waals surface area contributed by atoms with Crippen molar-refractivity contribution < 1.29 is 0 Å². The van der Waals surface area contributed by atoms with Crippen molar-refractivity contribution in [3.05, 3.63) is 170 Å². The zero-order valence-electron chi connectivity index (χ0n) is 26.9. The molecule has 10 aromatic rings. The van der Waals surface area contributed by atoms with Gasteiger partial charge in [0, 0.05) is 53.3 Å². The third-order valence-electron chi connectivity index (χ3n) is 9.46. The van der Waals surface area contributed by atoms with Gasteiger partial charge in [0.2, 0.25) is 0 Å². The minimum Gasteiger partial charge on any atom is -0.309 e. The van der Waals surface area contributed by atoms with Crippen LogP contribution in [0.25, 0.3) is 93.0 Å². The number of rotatable bonds is 5. The van der Waals surface area contributed by atoms with Gasteiger partial charge >= 0.3 is 0 Å². The summed E-state index contributed by atoms with van der Waals surface area (Å²) in [5.41, 5.74) is 8.66. The Labute approximate surface area is 292 Å². The maximum Gasteiger partial charge on any atom is 0.164 e. The van der Waals surface area contributed by atoms with Crippen molar-refractivity contribution in [2.45, 2.75) is 0 Å². The standard InChI is InChI=1S/C45H28N4S/c1-3-14-29(15-4-1)43-46-44(30-16-5-2-6-17-30)48-45(47-43)37-24-13-26-39-41(37)36-21-7-9-25-38(36)49(39)32-19-11-18-31(28-32)33-22-12-23-35-34-20-8-10-27-40(34)50-42(33)35/h1-28H. The van der Waals surface area contributed by atoms with Crippen LogP contribution in [-0.2, 0) is 0 Å². The predicted molar refractivity (Wildman–Crippen MR) is 209 cm³/mol. The van der Waals surface area contributed by atoms with Crippen LogP contribution in [0.2, 0.25) is 0 Å². The number of benzene rings is 7. The SMILES string of the molecule is c1ccc(-c2nc(-c3ccccc3)nc(-c3cccc4c3c3ccccc3n4-c3cccc(-c4cccc5c4sc4ccccc45)c3)n2)cc1. The highest BCUT2D eigenvalue weighted by molar-refractivity contribution is 7.26. The molecule has 0 spiro atoms. The van der Waals surface area contributed by atoms with E-state index < -0.39 is 0 Å². The average Bonchev–Trinajstić information content (AvgIpc) is 3.75. The molecule has 0 unspecified atom stereocenters. The molecule has 0 saturated carbocycles. The van der Waals surface area contributed by atoms with Crippen molar-refractivity contribution in [3.63, 3.8) is 0 Å². The lowest BCUT2D eigenvalue weighted by Gasteiger charge is -2.12. The molecule has 3 heterocycles. The summed E-state index contributed by atoms with van der Waals surface area (Å²) in [6.07, 6.45) is 0. The van der Waals surface area contributed by atoms with Crippen LogP contribution in [0, 0.1) is 0 Å². The van der Waals surface area contributed by atoms with Crippen LogP contribution in [0.3, 0.4) is 0 Å². The van der Waals surface area contributed by atoms with E-state index in [9.17, 15) is 0 Å². The van der Waals surface area contributed by atoms with E-state index in [4.69, 9.17) is 15.0 Å². The van der Waals surface area contributed by atoms with Gasteiger partial charge in [0.15, 0.2) is 17.5 Å². The van der Waals surface area contributed by atoms with Gasteiger partial charge in [-0.05, 0) is 41.5 Å². The molecule has 0 saturated heterocycles. The van der Waals surface area contributed by atoms with Crippen LogP contribution in [0.4, 0.5) is 0 Å². The first-order valence-corrected chi connectivity index (χ1v) is 17.5. The second-order valence-electron chi connectivity index (χ2n) is 12.4. The molecule has 10 rings (SSSR count). The summed E-state index contributed by atoms with van der Waals surface area (Å²) in [6, 6.07) is 59.7. The van der Waals surface area contributed by atoms with Crippen LogP contribution in [0.1, 0.15) is 0 Å². The fourth-order valence-corrected chi connectivity index (χ4v) is 8.44. The van der Waals surface area contributed by atoms with E-state index in [-0.39, 0.29) is 0 Å². The first kappa shape index (κ1) is 28.6. The molecular formula is C45H28N4S. The van der Waals surface area contributed by atoms with E-state index in [0.717, 1.165) is 44.2 Å². The van der Waals surface area contributed by atoms with Gasteiger partial charge in [0.05, 0.1) is 11.0 Å². The zero-order chi connectivity index (χ0) is 33.0. The summed E-state index contributed by atoms with van der Waals surface area (Å²) in [7, 11) is 0. The van der Waals surface area contributed by atoms with Gasteiger partial charge in [-0.1, -0.05) is 140 Å². The van der Waals surface area contributed by atoms with Crippen molar-refractivity contribution in [2.24, 2.45) is 0 Å². The Morgan fingerprint density at radius 2 is 0.960 bits per heavy atom. The summed E-state index contributed by atoms with van der Waals surface area (Å²) < 4.78 is 5.00. The monoisotopic (exact) mass is 656 g/mol. The third-order valence-corrected chi connectivity index (χ3v) is 10.7. The maximum atomic E-state index is 5.11. The average molecular weight is 657 g/mol. The van der Waals surface area contributed by atoms with Gasteiger partial charge in [-0.2, -0.15) is 0 Å². The van der Waals surface area contributed by atoms with Crippen molar-refractivity contribution >= 4 is 53.3 Å². The normalized spacial score (nSPS) is 11.6. The van der Waals surface area contributed by atoms with Crippen molar-refractivity contribution in [2.75, 3.05) is 0 Å². The minimum absolute atomic E-state index is 0.649. The first-order valence-electron chi connectivity index (χ1n) is 16.7. The molecule has 4 nitrogen and oxygen atoms in total. The number of hydrogen-bond donors (Lipinski definition) is 0. The third kappa shape index (κ3) is 4.63. The quantitative estimate of drug-likeness (QED) is 0.185. The molecule has 0 fully saturated rings. The lowest BCUT2D eigenvalue weighted by atomic mass is 10.0. The molecule has 0 amide bonds. The van der Waals surface area contributed by atoms with Crippen molar-refractivity contribution in [1.82, 2.24) is 19.5 Å². The Morgan fingerprint density at radius 1 is 0.400 bits per heavy atom. The topological polar surface area (TPSA) is 43.6 Å². The molecule has 0 aliphatic rings. The highest BCUT2D eigenvalue weighted by atomic mass is 32.1. The second-order valence-corrected chi connectivity index (χ2v) is 13.5. The van der Waals surface area contributed by atoms with Gasteiger partial charge in [-0.25, -0.2) is 15.0 Å². The van der Waals surface area contributed by atoms with Crippen LogP contribution >= 0.6 is 11.3 Å². The largest absolute Gasteiger partial charge is 0.309 e. The number of thiophene rings is 1. The van der Waals surface area contributed by atoms with E-state index in [1.165, 1.54) is 31.3 Å². The Bertz CT molecular complexity index is 2810. The fraction of sp³-hybridized carbons (Fsp3) is 0.